The zero-order valence-corrected chi connectivity index (χ0v) is 17.2. The maximum absolute atomic E-state index is 13.1. The number of benzene rings is 2. The third-order valence-electron chi connectivity index (χ3n) is 5.15. The van der Waals surface area contributed by atoms with Crippen LogP contribution in [0.2, 0.25) is 0 Å². The van der Waals surface area contributed by atoms with Crippen LogP contribution < -0.4 is 10.2 Å². The highest BCUT2D eigenvalue weighted by atomic mass is 19.1. The van der Waals surface area contributed by atoms with Gasteiger partial charge in [-0.15, -0.1) is 0 Å². The molecule has 1 heterocycles. The average molecular weight is 397 g/mol. The molecule has 0 radical (unpaired) electrons. The largest absolute Gasteiger partial charge is 0.368 e. The van der Waals surface area contributed by atoms with Gasteiger partial charge in [0.25, 0.3) is 0 Å². The van der Waals surface area contributed by atoms with E-state index in [4.69, 9.17) is 0 Å². The lowest BCUT2D eigenvalue weighted by Gasteiger charge is -2.36. The van der Waals surface area contributed by atoms with E-state index in [9.17, 15) is 14.0 Å². The second-order valence-electron chi connectivity index (χ2n) is 8.36. The molecule has 1 N–H and O–H groups in total. The van der Waals surface area contributed by atoms with Crippen LogP contribution in [-0.2, 0) is 15.0 Å². The lowest BCUT2D eigenvalue weighted by atomic mass is 9.86. The molecule has 1 aliphatic heterocycles. The fourth-order valence-corrected chi connectivity index (χ4v) is 3.56. The average Bonchev–Trinajstić information content (AvgIpc) is 2.68. The van der Waals surface area contributed by atoms with Crippen molar-refractivity contribution in [3.05, 3.63) is 59.9 Å². The van der Waals surface area contributed by atoms with Gasteiger partial charge in [-0.1, -0.05) is 39.0 Å². The fraction of sp³-hybridized carbons (Fsp3) is 0.391. The highest BCUT2D eigenvalue weighted by Crippen LogP contribution is 2.29. The van der Waals surface area contributed by atoms with Gasteiger partial charge < -0.3 is 15.1 Å². The number of halogens is 1. The zero-order chi connectivity index (χ0) is 21.0. The van der Waals surface area contributed by atoms with Crippen molar-refractivity contribution in [2.24, 2.45) is 0 Å². The number of nitrogens with one attached hydrogen (secondary N) is 1. The second-order valence-corrected chi connectivity index (χ2v) is 8.36. The van der Waals surface area contributed by atoms with Gasteiger partial charge in [0.2, 0.25) is 11.8 Å². The van der Waals surface area contributed by atoms with Crippen LogP contribution in [0.1, 0.15) is 32.8 Å². The third kappa shape index (κ3) is 5.34. The molecule has 2 amide bonds. The van der Waals surface area contributed by atoms with Crippen molar-refractivity contribution >= 4 is 23.2 Å². The molecule has 0 unspecified atom stereocenters. The van der Waals surface area contributed by atoms with Crippen LogP contribution in [0.5, 0.6) is 0 Å². The molecule has 0 aliphatic carbocycles. The van der Waals surface area contributed by atoms with Gasteiger partial charge in [-0.25, -0.2) is 4.39 Å². The molecular weight excluding hydrogens is 369 g/mol. The quantitative estimate of drug-likeness (QED) is 0.799. The molecule has 5 nitrogen and oxygen atoms in total. The number of rotatable bonds is 4. The van der Waals surface area contributed by atoms with Gasteiger partial charge in [-0.3, -0.25) is 9.59 Å². The van der Waals surface area contributed by atoms with Gasteiger partial charge in [0, 0.05) is 37.6 Å². The van der Waals surface area contributed by atoms with Crippen LogP contribution >= 0.6 is 0 Å². The molecule has 0 spiro atoms. The SMILES string of the molecule is CC(C)(C)c1ccccc1NC(=O)CC(=O)N1CCN(c2ccc(F)cc2)CC1. The number of hydrogen-bond acceptors (Lipinski definition) is 3. The summed E-state index contributed by atoms with van der Waals surface area (Å²) in [6.45, 7) is 8.67. The van der Waals surface area contributed by atoms with E-state index in [-0.39, 0.29) is 29.5 Å². The van der Waals surface area contributed by atoms with E-state index in [1.54, 1.807) is 17.0 Å². The Kier molecular flexibility index (Phi) is 6.20. The number of amides is 2. The summed E-state index contributed by atoms with van der Waals surface area (Å²) in [4.78, 5) is 28.9. The van der Waals surface area contributed by atoms with Crippen LogP contribution in [0.25, 0.3) is 0 Å². The number of hydrogen-bond donors (Lipinski definition) is 1. The van der Waals surface area contributed by atoms with Crippen LogP contribution in [-0.4, -0.2) is 42.9 Å². The number of carbonyl (C=O) groups excluding carboxylic acids is 2. The zero-order valence-electron chi connectivity index (χ0n) is 17.2. The Labute approximate surface area is 171 Å². The molecular formula is C23H28FN3O2. The Morgan fingerprint density at radius 1 is 0.966 bits per heavy atom. The first-order chi connectivity index (χ1) is 13.7. The van der Waals surface area contributed by atoms with Gasteiger partial charge in [-0.2, -0.15) is 0 Å². The lowest BCUT2D eigenvalue weighted by Crippen LogP contribution is -2.49. The molecule has 154 valence electrons. The summed E-state index contributed by atoms with van der Waals surface area (Å²) in [5, 5.41) is 2.89. The molecule has 0 atom stereocenters. The van der Waals surface area contributed by atoms with Crippen molar-refractivity contribution in [1.82, 2.24) is 4.90 Å². The minimum atomic E-state index is -0.298. The predicted octanol–water partition coefficient (Wildman–Crippen LogP) is 3.80. The summed E-state index contributed by atoms with van der Waals surface area (Å²) in [7, 11) is 0. The Morgan fingerprint density at radius 3 is 2.21 bits per heavy atom. The van der Waals surface area contributed by atoms with Crippen molar-refractivity contribution < 1.29 is 14.0 Å². The highest BCUT2D eigenvalue weighted by molar-refractivity contribution is 6.04. The summed E-state index contributed by atoms with van der Waals surface area (Å²) < 4.78 is 13.1. The molecule has 1 aliphatic rings. The predicted molar refractivity (Wildman–Crippen MR) is 114 cm³/mol. The number of para-hydroxylation sites is 1. The smallest absolute Gasteiger partial charge is 0.233 e. The van der Waals surface area contributed by atoms with E-state index < -0.39 is 0 Å². The van der Waals surface area contributed by atoms with Crippen molar-refractivity contribution in [2.75, 3.05) is 36.4 Å². The summed E-state index contributed by atoms with van der Waals surface area (Å²) in [5.41, 5.74) is 2.62. The summed E-state index contributed by atoms with van der Waals surface area (Å²) in [6, 6.07) is 14.0. The second kappa shape index (κ2) is 8.64. The standard InChI is InChI=1S/C23H28FN3O2/c1-23(2,3)19-6-4-5-7-20(19)25-21(28)16-22(29)27-14-12-26(13-15-27)18-10-8-17(24)9-11-18/h4-11H,12-16H2,1-3H3,(H,25,28). The molecule has 1 saturated heterocycles. The van der Waals surface area contributed by atoms with Crippen LogP contribution in [0, 0.1) is 5.82 Å². The third-order valence-corrected chi connectivity index (χ3v) is 5.15. The van der Waals surface area contributed by atoms with Gasteiger partial charge >= 0.3 is 0 Å². The van der Waals surface area contributed by atoms with Gasteiger partial charge in [-0.05, 0) is 41.3 Å². The Balaban J connectivity index is 1.54. The van der Waals surface area contributed by atoms with E-state index in [2.05, 4.69) is 31.0 Å². The molecule has 29 heavy (non-hydrogen) atoms. The first kappa shape index (κ1) is 20.8. The molecule has 1 fully saturated rings. The normalized spacial score (nSPS) is 14.6. The number of carbonyl (C=O) groups is 2. The first-order valence-corrected chi connectivity index (χ1v) is 9.92. The Bertz CT molecular complexity index is 866. The molecule has 2 aromatic rings. The van der Waals surface area contributed by atoms with Crippen LogP contribution in [0.3, 0.4) is 0 Å². The highest BCUT2D eigenvalue weighted by Gasteiger charge is 2.24. The minimum Gasteiger partial charge on any atom is -0.368 e. The molecule has 2 aromatic carbocycles. The number of nitrogens with zero attached hydrogens (tertiary/aromatic N) is 2. The lowest BCUT2D eigenvalue weighted by molar-refractivity contribution is -0.134. The molecule has 3 rings (SSSR count). The summed E-state index contributed by atoms with van der Waals surface area (Å²) in [6.07, 6.45) is -0.172. The van der Waals surface area contributed by atoms with Gasteiger partial charge in [0.05, 0.1) is 0 Å². The van der Waals surface area contributed by atoms with E-state index in [0.29, 0.717) is 26.2 Å². The van der Waals surface area contributed by atoms with E-state index in [1.807, 2.05) is 24.3 Å². The topological polar surface area (TPSA) is 52.7 Å². The Hall–Kier alpha value is -2.89. The van der Waals surface area contributed by atoms with E-state index in [0.717, 1.165) is 16.9 Å². The maximum atomic E-state index is 13.1. The van der Waals surface area contributed by atoms with Crippen LogP contribution in [0.15, 0.2) is 48.5 Å². The van der Waals surface area contributed by atoms with Crippen molar-refractivity contribution in [1.29, 1.82) is 0 Å². The molecule has 0 aromatic heterocycles. The van der Waals surface area contributed by atoms with E-state index >= 15 is 0 Å². The first-order valence-electron chi connectivity index (χ1n) is 9.92. The number of piperazine rings is 1. The van der Waals surface area contributed by atoms with Gasteiger partial charge in [0.1, 0.15) is 12.2 Å². The molecule has 0 saturated carbocycles. The fourth-order valence-electron chi connectivity index (χ4n) is 3.56. The molecule has 6 heteroatoms. The Morgan fingerprint density at radius 2 is 1.59 bits per heavy atom. The van der Waals surface area contributed by atoms with Crippen molar-refractivity contribution in [2.45, 2.75) is 32.6 Å². The van der Waals surface area contributed by atoms with Crippen molar-refractivity contribution in [3.8, 4) is 0 Å². The summed E-state index contributed by atoms with van der Waals surface area (Å²) in [5.74, 6) is -0.733. The van der Waals surface area contributed by atoms with Crippen molar-refractivity contribution in [3.63, 3.8) is 0 Å². The monoisotopic (exact) mass is 397 g/mol. The van der Waals surface area contributed by atoms with Crippen LogP contribution in [0.4, 0.5) is 15.8 Å². The minimum absolute atomic E-state index is 0.107. The molecule has 0 bridgehead atoms. The van der Waals surface area contributed by atoms with Gasteiger partial charge in [0.15, 0.2) is 0 Å². The van der Waals surface area contributed by atoms with E-state index in [1.165, 1.54) is 12.1 Å². The summed E-state index contributed by atoms with van der Waals surface area (Å²) >= 11 is 0. The number of anilines is 2. The maximum Gasteiger partial charge on any atom is 0.233 e.